The van der Waals surface area contributed by atoms with Crippen LogP contribution in [0.25, 0.3) is 0 Å². The van der Waals surface area contributed by atoms with Crippen LogP contribution in [0.1, 0.15) is 26.7 Å². The molecule has 30 heavy (non-hydrogen) atoms. The fourth-order valence-electron chi connectivity index (χ4n) is 3.69. The fourth-order valence-corrected chi connectivity index (χ4v) is 3.69. The van der Waals surface area contributed by atoms with Crippen molar-refractivity contribution in [1.82, 2.24) is 5.06 Å². The van der Waals surface area contributed by atoms with E-state index in [0.29, 0.717) is 49.0 Å². The van der Waals surface area contributed by atoms with Gasteiger partial charge in [-0.05, 0) is 38.0 Å². The van der Waals surface area contributed by atoms with Gasteiger partial charge in [0.2, 0.25) is 5.91 Å². The van der Waals surface area contributed by atoms with Crippen molar-refractivity contribution in [2.75, 3.05) is 42.6 Å². The number of ether oxygens (including phenoxy) is 2. The molecule has 2 amide bonds. The third-order valence-electron chi connectivity index (χ3n) is 5.31. The molecule has 0 unspecified atom stereocenters. The normalized spacial score (nSPS) is 19.6. The summed E-state index contributed by atoms with van der Waals surface area (Å²) in [4.78, 5) is 38.3. The van der Waals surface area contributed by atoms with Gasteiger partial charge in [0, 0.05) is 20.0 Å². The van der Waals surface area contributed by atoms with Gasteiger partial charge in [0.25, 0.3) is 0 Å². The van der Waals surface area contributed by atoms with Crippen LogP contribution in [-0.2, 0) is 19.1 Å². The van der Waals surface area contributed by atoms with E-state index in [0.717, 1.165) is 0 Å². The summed E-state index contributed by atoms with van der Waals surface area (Å²) in [5.74, 6) is -1.42. The molecule has 1 aromatic rings. The van der Waals surface area contributed by atoms with Crippen LogP contribution in [0, 0.1) is 11.7 Å². The highest BCUT2D eigenvalue weighted by molar-refractivity contribution is 5.90. The van der Waals surface area contributed by atoms with E-state index in [4.69, 9.17) is 9.47 Å². The average Bonchev–Trinajstić information content (AvgIpc) is 3.08. The van der Waals surface area contributed by atoms with Crippen LogP contribution in [0.15, 0.2) is 18.2 Å². The Kier molecular flexibility index (Phi) is 6.76. The average molecular weight is 423 g/mol. The van der Waals surface area contributed by atoms with Gasteiger partial charge in [0.15, 0.2) is 0 Å². The number of rotatable bonds is 6. The topological polar surface area (TPSA) is 99.6 Å². The Balaban J connectivity index is 1.63. The number of cyclic esters (lactones) is 1. The molecule has 0 bridgehead atoms. The summed E-state index contributed by atoms with van der Waals surface area (Å²) in [6.07, 6.45) is -0.197. The van der Waals surface area contributed by atoms with Crippen molar-refractivity contribution in [3.05, 3.63) is 24.0 Å². The lowest BCUT2D eigenvalue weighted by Gasteiger charge is -2.33. The quantitative estimate of drug-likeness (QED) is 0.425. The van der Waals surface area contributed by atoms with E-state index < -0.39 is 23.9 Å². The number of carbonyl (C=O) groups excluding carboxylic acids is 3. The first-order valence-electron chi connectivity index (χ1n) is 9.96. The summed E-state index contributed by atoms with van der Waals surface area (Å²) in [6.45, 7) is 4.31. The summed E-state index contributed by atoms with van der Waals surface area (Å²) in [7, 11) is 0. The van der Waals surface area contributed by atoms with E-state index in [2.05, 4.69) is 0 Å². The molecule has 164 valence electrons. The van der Waals surface area contributed by atoms with Crippen molar-refractivity contribution >= 4 is 29.3 Å². The lowest BCUT2D eigenvalue weighted by atomic mass is 9.96. The number of halogens is 1. The zero-order valence-corrected chi connectivity index (χ0v) is 17.0. The van der Waals surface area contributed by atoms with Crippen LogP contribution in [0.5, 0.6) is 0 Å². The van der Waals surface area contributed by atoms with E-state index in [1.807, 2.05) is 4.90 Å². The van der Waals surface area contributed by atoms with E-state index in [1.54, 1.807) is 19.1 Å². The van der Waals surface area contributed by atoms with Crippen molar-refractivity contribution in [3.63, 3.8) is 0 Å². The van der Waals surface area contributed by atoms with Crippen LogP contribution in [0.3, 0.4) is 0 Å². The predicted molar refractivity (Wildman–Crippen MR) is 105 cm³/mol. The van der Waals surface area contributed by atoms with Crippen molar-refractivity contribution in [2.45, 2.75) is 32.8 Å². The molecule has 1 atom stereocenters. The Morgan fingerprint density at radius 2 is 2.03 bits per heavy atom. The molecule has 2 fully saturated rings. The molecule has 0 aliphatic carbocycles. The van der Waals surface area contributed by atoms with Gasteiger partial charge in [-0.1, -0.05) is 0 Å². The number of hydrogen-bond acceptors (Lipinski definition) is 7. The maximum atomic E-state index is 14.8. The van der Waals surface area contributed by atoms with Gasteiger partial charge in [-0.2, -0.15) is 0 Å². The number of piperidine rings is 1. The Morgan fingerprint density at radius 3 is 2.63 bits per heavy atom. The number of esters is 1. The molecule has 2 saturated heterocycles. The summed E-state index contributed by atoms with van der Waals surface area (Å²) in [5.41, 5.74) is 0.737. The van der Waals surface area contributed by atoms with Gasteiger partial charge < -0.3 is 14.4 Å². The van der Waals surface area contributed by atoms with Crippen LogP contribution in [0.4, 0.5) is 20.6 Å². The van der Waals surface area contributed by atoms with Crippen molar-refractivity contribution in [1.29, 1.82) is 0 Å². The van der Waals surface area contributed by atoms with Gasteiger partial charge >= 0.3 is 12.1 Å². The molecule has 0 radical (unpaired) electrons. The lowest BCUT2D eigenvalue weighted by molar-refractivity contribution is -0.166. The van der Waals surface area contributed by atoms with Crippen molar-refractivity contribution in [3.8, 4) is 0 Å². The largest absolute Gasteiger partial charge is 0.466 e. The van der Waals surface area contributed by atoms with Gasteiger partial charge in [-0.15, -0.1) is 0 Å². The first kappa shape index (κ1) is 21.8. The molecule has 9 nitrogen and oxygen atoms in total. The zero-order chi connectivity index (χ0) is 21.8. The number of amides is 2. The maximum absolute atomic E-state index is 14.8. The van der Waals surface area contributed by atoms with E-state index in [-0.39, 0.29) is 25.0 Å². The van der Waals surface area contributed by atoms with E-state index in [9.17, 15) is 24.0 Å². The molecule has 2 aliphatic heterocycles. The minimum absolute atomic E-state index is 0.0902. The highest BCUT2D eigenvalue weighted by Crippen LogP contribution is 2.30. The molecule has 0 saturated carbocycles. The Bertz CT molecular complexity index is 812. The second-order valence-corrected chi connectivity index (χ2v) is 7.37. The first-order chi connectivity index (χ1) is 14.3. The molecule has 1 aromatic carbocycles. The van der Waals surface area contributed by atoms with Crippen LogP contribution < -0.4 is 9.80 Å². The Morgan fingerprint density at radius 1 is 1.33 bits per heavy atom. The summed E-state index contributed by atoms with van der Waals surface area (Å²) >= 11 is 0. The monoisotopic (exact) mass is 423 g/mol. The number of hydrogen-bond donors (Lipinski definition) is 1. The van der Waals surface area contributed by atoms with Gasteiger partial charge in [0.1, 0.15) is 11.9 Å². The van der Waals surface area contributed by atoms with Gasteiger partial charge in [-0.25, -0.2) is 14.2 Å². The lowest BCUT2D eigenvalue weighted by Crippen LogP contribution is -2.37. The number of carbonyl (C=O) groups is 3. The van der Waals surface area contributed by atoms with Crippen LogP contribution in [0.2, 0.25) is 0 Å². The first-order valence-corrected chi connectivity index (χ1v) is 9.96. The van der Waals surface area contributed by atoms with E-state index >= 15 is 0 Å². The highest BCUT2D eigenvalue weighted by Gasteiger charge is 2.34. The molecule has 0 spiro atoms. The minimum Gasteiger partial charge on any atom is -0.466 e. The SMILES string of the molecule is CCOC(=O)C1CCN(c2ccc(N3C[C@H](CN(O)C(C)=O)OC3=O)cc2F)CC1. The van der Waals surface area contributed by atoms with Crippen molar-refractivity contribution < 1.29 is 33.5 Å². The second kappa shape index (κ2) is 9.29. The van der Waals surface area contributed by atoms with Crippen LogP contribution >= 0.6 is 0 Å². The maximum Gasteiger partial charge on any atom is 0.414 e. The summed E-state index contributed by atoms with van der Waals surface area (Å²) in [5, 5.41) is 9.99. The third kappa shape index (κ3) is 4.81. The number of benzene rings is 1. The molecule has 1 N–H and O–H groups in total. The van der Waals surface area contributed by atoms with Crippen molar-refractivity contribution in [2.24, 2.45) is 5.92 Å². The standard InChI is InChI=1S/C20H26FN3O6/c1-3-29-19(26)14-6-8-22(9-7-14)18-5-4-15(10-17(18)21)23-11-16(30-20(23)27)12-24(28)13(2)25/h4-5,10,14,16,28H,3,6-9,11-12H2,1-2H3/t16-/m1/s1. The number of nitrogens with zero attached hydrogens (tertiary/aromatic N) is 3. The third-order valence-corrected chi connectivity index (χ3v) is 5.31. The molecule has 10 heteroatoms. The zero-order valence-electron chi connectivity index (χ0n) is 17.0. The van der Waals surface area contributed by atoms with Gasteiger partial charge in [-0.3, -0.25) is 19.7 Å². The molecule has 2 aliphatic rings. The summed E-state index contributed by atoms with van der Waals surface area (Å²) in [6, 6.07) is 4.49. The number of hydroxylamine groups is 2. The molecule has 2 heterocycles. The molecular weight excluding hydrogens is 397 g/mol. The molecule has 0 aromatic heterocycles. The number of anilines is 2. The fraction of sp³-hybridized carbons (Fsp3) is 0.550. The Labute approximate surface area is 173 Å². The van der Waals surface area contributed by atoms with Gasteiger partial charge in [0.05, 0.1) is 37.0 Å². The Hall–Kier alpha value is -2.88. The van der Waals surface area contributed by atoms with Crippen LogP contribution in [-0.4, -0.2) is 67.1 Å². The minimum atomic E-state index is -0.712. The molecular formula is C20H26FN3O6. The smallest absolute Gasteiger partial charge is 0.414 e. The van der Waals surface area contributed by atoms with E-state index in [1.165, 1.54) is 17.9 Å². The molecule has 3 rings (SSSR count). The summed E-state index contributed by atoms with van der Waals surface area (Å²) < 4.78 is 25.0. The second-order valence-electron chi connectivity index (χ2n) is 7.37. The predicted octanol–water partition coefficient (Wildman–Crippen LogP) is 2.17. The highest BCUT2D eigenvalue weighted by atomic mass is 19.1.